The number of likely N-dealkylation sites (tertiary alicyclic amines) is 1. The maximum atomic E-state index is 15.0. The number of hydrogen-bond donors (Lipinski definition) is 2. The highest BCUT2D eigenvalue weighted by Crippen LogP contribution is 2.77. The number of hydrogen-bond acceptors (Lipinski definition) is 5. The minimum atomic E-state index is -1.16. The summed E-state index contributed by atoms with van der Waals surface area (Å²) in [5.74, 6) is 1.12. The molecule has 8 heteroatoms. The lowest BCUT2D eigenvalue weighted by Gasteiger charge is -2.73. The van der Waals surface area contributed by atoms with E-state index in [4.69, 9.17) is 4.74 Å². The minimum Gasteiger partial charge on any atom is -0.481 e. The number of nitrogens with one attached hydrogen (secondary N) is 1. The average molecular weight is 763 g/mol. The third-order valence-electron chi connectivity index (χ3n) is 19.2. The summed E-state index contributed by atoms with van der Waals surface area (Å²) in [6.07, 6.45) is 12.8. The Morgan fingerprint density at radius 2 is 1.49 bits per heavy atom. The highest BCUT2D eigenvalue weighted by atomic mass is 16.5. The van der Waals surface area contributed by atoms with Crippen LogP contribution in [0.1, 0.15) is 159 Å². The van der Waals surface area contributed by atoms with E-state index >= 15 is 0 Å². The fourth-order valence-electron chi connectivity index (χ4n) is 15.4. The molecule has 6 saturated carbocycles. The van der Waals surface area contributed by atoms with Crippen molar-refractivity contribution < 1.29 is 29.0 Å². The first-order valence-electron chi connectivity index (χ1n) is 22.2. The number of aliphatic carboxylic acids is 1. The molecule has 2 amide bonds. The molecule has 1 unspecified atom stereocenters. The van der Waals surface area contributed by atoms with Crippen LogP contribution in [0.25, 0.3) is 0 Å². The molecule has 0 bridgehead atoms. The summed E-state index contributed by atoms with van der Waals surface area (Å²) in [7, 11) is 0. The highest BCUT2D eigenvalue weighted by Gasteiger charge is 2.72. The number of ether oxygens (including phenoxy) is 1. The molecule has 1 saturated heterocycles. The SMILES string of the molecule is C=C(C)[C@@H]1CC[C@]2(C(=O)NC3C[C@H](C(=O)N4CCCC4)C3(C)C)CC[C@]3(C)[C@H](CC[C@@H]4[C@@]5(C)CC[C@H](OC(=O)CC(C)(C)C(=O)O)C(C)(C)[C@@H]5CC[C@]43C)[C@@H]12. The molecule has 8 nitrogen and oxygen atoms in total. The van der Waals surface area contributed by atoms with Crippen LogP contribution in [0.4, 0.5) is 0 Å². The van der Waals surface area contributed by atoms with Crippen LogP contribution in [0.15, 0.2) is 12.2 Å². The van der Waals surface area contributed by atoms with Crippen molar-refractivity contribution in [2.24, 2.45) is 73.4 Å². The summed E-state index contributed by atoms with van der Waals surface area (Å²) in [6, 6.07) is 0.0219. The van der Waals surface area contributed by atoms with Crippen LogP contribution in [0.5, 0.6) is 0 Å². The molecule has 308 valence electrons. The monoisotopic (exact) mass is 763 g/mol. The number of rotatable bonds is 8. The van der Waals surface area contributed by atoms with Gasteiger partial charge in [-0.25, -0.2) is 0 Å². The molecule has 7 aliphatic rings. The fourth-order valence-corrected chi connectivity index (χ4v) is 15.4. The van der Waals surface area contributed by atoms with E-state index < -0.39 is 22.8 Å². The second kappa shape index (κ2) is 13.3. The molecule has 2 N–H and O–H groups in total. The van der Waals surface area contributed by atoms with Gasteiger partial charge in [0.05, 0.1) is 17.3 Å². The predicted octanol–water partition coefficient (Wildman–Crippen LogP) is 9.21. The van der Waals surface area contributed by atoms with Gasteiger partial charge in [0.15, 0.2) is 0 Å². The van der Waals surface area contributed by atoms with Gasteiger partial charge in [-0.2, -0.15) is 0 Å². The predicted molar refractivity (Wildman–Crippen MR) is 215 cm³/mol. The highest BCUT2D eigenvalue weighted by molar-refractivity contribution is 5.86. The van der Waals surface area contributed by atoms with E-state index in [0.717, 1.165) is 96.6 Å². The number of fused-ring (bicyclic) bond motifs is 7. The standard InChI is InChI=1S/C47H74N2O6/c1-28(2)29-16-21-47(39(52)48-34-26-31(42(34,5)6)38(51)49-24-12-13-25-49)23-22-45(10)30(37(29)47)14-15-33-44(9)19-18-35(55-36(50)27-41(3,4)40(53)54)43(7,8)32(44)17-20-46(33,45)11/h29-35,37H,1,12-27H2,2-11H3,(H,48,52)(H,53,54)/t29-,30+,31+,32-,33+,34?,35-,37+,44-,45+,46+,47-/m0/s1. The Bertz CT molecular complexity index is 1610. The number of allylic oxidation sites excluding steroid dienone is 1. The van der Waals surface area contributed by atoms with Gasteiger partial charge in [0.1, 0.15) is 6.10 Å². The number of amides is 2. The first-order valence-corrected chi connectivity index (χ1v) is 22.2. The second-order valence-corrected chi connectivity index (χ2v) is 22.7. The normalized spacial score (nSPS) is 44.1. The third-order valence-corrected chi connectivity index (χ3v) is 19.2. The van der Waals surface area contributed by atoms with Crippen molar-refractivity contribution in [3.05, 3.63) is 12.2 Å². The Balaban J connectivity index is 1.11. The molecule has 12 atom stereocenters. The van der Waals surface area contributed by atoms with Gasteiger partial charge < -0.3 is 20.1 Å². The van der Waals surface area contributed by atoms with Crippen LogP contribution in [0.3, 0.4) is 0 Å². The van der Waals surface area contributed by atoms with Crippen LogP contribution in [-0.2, 0) is 23.9 Å². The number of carboxylic acids is 1. The first kappa shape index (κ1) is 40.8. The van der Waals surface area contributed by atoms with Gasteiger partial charge in [-0.05, 0) is 155 Å². The summed E-state index contributed by atoms with van der Waals surface area (Å²) in [5.41, 5.74) is -0.482. The minimum absolute atomic E-state index is 0.0199. The van der Waals surface area contributed by atoms with Crippen molar-refractivity contribution >= 4 is 23.8 Å². The maximum absolute atomic E-state index is 15.0. The van der Waals surface area contributed by atoms with Crippen LogP contribution >= 0.6 is 0 Å². The van der Waals surface area contributed by atoms with Gasteiger partial charge in [0.25, 0.3) is 0 Å². The van der Waals surface area contributed by atoms with E-state index in [9.17, 15) is 24.3 Å². The summed E-state index contributed by atoms with van der Waals surface area (Å²) in [4.78, 5) is 55.4. The molecule has 7 rings (SSSR count). The van der Waals surface area contributed by atoms with Crippen molar-refractivity contribution in [2.45, 2.75) is 171 Å². The lowest BCUT2D eigenvalue weighted by Crippen LogP contribution is -2.68. The lowest BCUT2D eigenvalue weighted by molar-refractivity contribution is -0.249. The number of esters is 1. The van der Waals surface area contributed by atoms with Crippen LogP contribution < -0.4 is 5.32 Å². The lowest BCUT2D eigenvalue weighted by atomic mass is 9.32. The fraction of sp³-hybridized carbons (Fsp3) is 0.872. The zero-order valence-electron chi connectivity index (χ0n) is 36.1. The Morgan fingerprint density at radius 1 is 0.818 bits per heavy atom. The summed E-state index contributed by atoms with van der Waals surface area (Å²) >= 11 is 0. The van der Waals surface area contributed by atoms with E-state index in [2.05, 4.69) is 67.3 Å². The molecule has 0 aromatic rings. The van der Waals surface area contributed by atoms with Gasteiger partial charge in [-0.3, -0.25) is 19.2 Å². The Morgan fingerprint density at radius 3 is 2.11 bits per heavy atom. The third kappa shape index (κ3) is 5.91. The van der Waals surface area contributed by atoms with Crippen molar-refractivity contribution in [2.75, 3.05) is 13.1 Å². The topological polar surface area (TPSA) is 113 Å². The van der Waals surface area contributed by atoms with Crippen molar-refractivity contribution in [3.63, 3.8) is 0 Å². The second-order valence-electron chi connectivity index (χ2n) is 22.7. The number of carbonyl (C=O) groups is 4. The van der Waals surface area contributed by atoms with Crippen molar-refractivity contribution in [1.29, 1.82) is 0 Å². The van der Waals surface area contributed by atoms with Crippen LogP contribution in [0.2, 0.25) is 0 Å². The zero-order chi connectivity index (χ0) is 40.3. The van der Waals surface area contributed by atoms with Crippen LogP contribution in [0, 0.1) is 73.4 Å². The molecule has 0 aromatic heterocycles. The summed E-state index contributed by atoms with van der Waals surface area (Å²) in [6.45, 7) is 28.4. The van der Waals surface area contributed by atoms with Crippen molar-refractivity contribution in [1.82, 2.24) is 10.2 Å². The van der Waals surface area contributed by atoms with E-state index in [1.807, 2.05) is 4.90 Å². The Labute approximate surface area is 332 Å². The molecule has 6 aliphatic carbocycles. The van der Waals surface area contributed by atoms with E-state index in [0.29, 0.717) is 23.7 Å². The van der Waals surface area contributed by atoms with Gasteiger partial charge in [-0.15, -0.1) is 0 Å². The van der Waals surface area contributed by atoms with Gasteiger partial charge in [0.2, 0.25) is 11.8 Å². The molecule has 7 fully saturated rings. The average Bonchev–Trinajstić information content (AvgIpc) is 3.77. The van der Waals surface area contributed by atoms with Gasteiger partial charge in [0, 0.05) is 30.5 Å². The molecule has 1 aliphatic heterocycles. The van der Waals surface area contributed by atoms with Crippen molar-refractivity contribution in [3.8, 4) is 0 Å². The summed E-state index contributed by atoms with van der Waals surface area (Å²) < 4.78 is 6.19. The molecule has 0 spiro atoms. The molecule has 1 heterocycles. The largest absolute Gasteiger partial charge is 0.481 e. The summed E-state index contributed by atoms with van der Waals surface area (Å²) in [5, 5.41) is 13.3. The zero-order valence-corrected chi connectivity index (χ0v) is 36.1. The molecule has 0 radical (unpaired) electrons. The van der Waals surface area contributed by atoms with Crippen LogP contribution in [-0.4, -0.2) is 59.0 Å². The van der Waals surface area contributed by atoms with Gasteiger partial charge in [-0.1, -0.05) is 60.6 Å². The molecular weight excluding hydrogens is 689 g/mol. The number of carbonyl (C=O) groups excluding carboxylic acids is 3. The first-order chi connectivity index (χ1) is 25.5. The number of carboxylic acid groups (broad SMARTS) is 1. The smallest absolute Gasteiger partial charge is 0.309 e. The molecular formula is C47H74N2O6. The quantitative estimate of drug-likeness (QED) is 0.188. The van der Waals surface area contributed by atoms with Gasteiger partial charge >= 0.3 is 11.9 Å². The molecule has 0 aromatic carbocycles. The Kier molecular flexibility index (Phi) is 9.89. The van der Waals surface area contributed by atoms with E-state index in [1.165, 1.54) is 5.57 Å². The number of nitrogens with zero attached hydrogens (tertiary/aromatic N) is 1. The maximum Gasteiger partial charge on any atom is 0.309 e. The molecule has 55 heavy (non-hydrogen) atoms. The van der Waals surface area contributed by atoms with E-state index in [-0.39, 0.29) is 69.3 Å². The Hall–Kier alpha value is -2.38. The van der Waals surface area contributed by atoms with E-state index in [1.54, 1.807) is 13.8 Å².